The minimum absolute atomic E-state index is 0.0341. The van der Waals surface area contributed by atoms with Crippen molar-refractivity contribution in [1.82, 2.24) is 5.32 Å². The van der Waals surface area contributed by atoms with Gasteiger partial charge in [-0.25, -0.2) is 13.2 Å². The van der Waals surface area contributed by atoms with Gasteiger partial charge in [0.05, 0.1) is 25.0 Å². The highest BCUT2D eigenvalue weighted by Gasteiger charge is 2.22. The first-order valence-electron chi connectivity index (χ1n) is 16.5. The number of unbranched alkanes of at least 4 members (excludes halogenated alkanes) is 4. The van der Waals surface area contributed by atoms with Gasteiger partial charge in [-0.1, -0.05) is 56.9 Å². The molecule has 11 nitrogen and oxygen atoms in total. The molecule has 0 saturated heterocycles. The molecule has 0 aliphatic rings. The quantitative estimate of drug-likeness (QED) is 0.0812. The van der Waals surface area contributed by atoms with E-state index in [4.69, 9.17) is 9.47 Å². The zero-order chi connectivity index (χ0) is 35.9. The first-order valence-corrected chi connectivity index (χ1v) is 18.0. The number of hydrogen-bond acceptors (Lipinski definition) is 7. The Hall–Kier alpha value is -5.36. The van der Waals surface area contributed by atoms with Crippen LogP contribution in [-0.4, -0.2) is 51.1 Å². The van der Waals surface area contributed by atoms with E-state index in [0.29, 0.717) is 35.0 Å². The van der Waals surface area contributed by atoms with Crippen LogP contribution in [0.1, 0.15) is 60.5 Å². The van der Waals surface area contributed by atoms with Gasteiger partial charge < -0.3 is 25.2 Å². The van der Waals surface area contributed by atoms with Crippen molar-refractivity contribution >= 4 is 39.2 Å². The number of anilines is 2. The minimum atomic E-state index is -3.87. The number of amides is 2. The lowest BCUT2D eigenvalue weighted by atomic mass is 10.0. The molecule has 2 amide bonds. The van der Waals surface area contributed by atoms with E-state index in [1.54, 1.807) is 67.8 Å². The molecule has 0 spiro atoms. The topological polar surface area (TPSA) is 160 Å². The first-order chi connectivity index (χ1) is 24.1. The third-order valence-corrected chi connectivity index (χ3v) is 9.25. The number of carboxylic acids is 1. The van der Waals surface area contributed by atoms with Crippen molar-refractivity contribution < 1.29 is 37.4 Å². The van der Waals surface area contributed by atoms with E-state index in [1.807, 2.05) is 0 Å². The van der Waals surface area contributed by atoms with Crippen LogP contribution in [0.5, 0.6) is 11.5 Å². The number of sulfonamides is 1. The predicted molar refractivity (Wildman–Crippen MR) is 192 cm³/mol. The smallest absolute Gasteiger partial charge is 0.326 e. The lowest BCUT2D eigenvalue weighted by Crippen LogP contribution is -2.42. The molecule has 4 rings (SSSR count). The molecule has 0 radical (unpaired) electrons. The number of hydrogen-bond donors (Lipinski definition) is 4. The third kappa shape index (κ3) is 11.7. The van der Waals surface area contributed by atoms with Crippen LogP contribution in [0.25, 0.3) is 0 Å². The number of benzene rings is 4. The van der Waals surface area contributed by atoms with Crippen molar-refractivity contribution in [3.05, 3.63) is 114 Å². The molecule has 0 heterocycles. The monoisotopic (exact) mass is 701 g/mol. The lowest BCUT2D eigenvalue weighted by Gasteiger charge is -2.16. The number of carbonyl (C=O) groups is 3. The molecular formula is C38H43N3O8S. The van der Waals surface area contributed by atoms with Gasteiger partial charge in [0.15, 0.2) is 0 Å². The second-order valence-electron chi connectivity index (χ2n) is 11.8. The highest BCUT2D eigenvalue weighted by atomic mass is 32.2. The summed E-state index contributed by atoms with van der Waals surface area (Å²) >= 11 is 0. The van der Waals surface area contributed by atoms with Gasteiger partial charge in [0.1, 0.15) is 17.5 Å². The van der Waals surface area contributed by atoms with Crippen LogP contribution in [0.4, 0.5) is 11.4 Å². The van der Waals surface area contributed by atoms with Crippen molar-refractivity contribution in [3.63, 3.8) is 0 Å². The summed E-state index contributed by atoms with van der Waals surface area (Å²) in [5, 5.41) is 15.1. The van der Waals surface area contributed by atoms with Crippen LogP contribution in [0, 0.1) is 0 Å². The number of methoxy groups -OCH3 is 1. The third-order valence-electron chi connectivity index (χ3n) is 7.85. The summed E-state index contributed by atoms with van der Waals surface area (Å²) in [7, 11) is -2.31. The zero-order valence-electron chi connectivity index (χ0n) is 28.2. The molecule has 12 heteroatoms. The van der Waals surface area contributed by atoms with Crippen molar-refractivity contribution in [3.8, 4) is 11.5 Å². The molecule has 264 valence electrons. The number of carbonyl (C=O) groups excluding carboxylic acids is 2. The largest absolute Gasteiger partial charge is 0.497 e. The standard InChI is InChI=1S/C38H43N3O8S/c1-3-4-5-6-7-24-49-33-20-22-34(23-21-33)50(46,47)41-31-14-8-27(9-15-31)25-35(38(44)45)40-37(43)29-12-16-30(17-13-29)39-36(42)26-28-10-18-32(48-2)19-11-28/h8-23,35,41H,3-7,24-26H2,1-2H3,(H,39,42)(H,40,43)(H,44,45)/t35-/m0/s1. The molecule has 0 fully saturated rings. The lowest BCUT2D eigenvalue weighted by molar-refractivity contribution is -0.139. The van der Waals surface area contributed by atoms with Gasteiger partial charge in [0.25, 0.3) is 15.9 Å². The van der Waals surface area contributed by atoms with Crippen molar-refractivity contribution in [2.45, 2.75) is 62.8 Å². The summed E-state index contributed by atoms with van der Waals surface area (Å²) in [4.78, 5) is 37.4. The van der Waals surface area contributed by atoms with E-state index in [2.05, 4.69) is 22.3 Å². The van der Waals surface area contributed by atoms with Crippen molar-refractivity contribution in [1.29, 1.82) is 0 Å². The van der Waals surface area contributed by atoms with E-state index in [9.17, 15) is 27.9 Å². The Morgan fingerprint density at radius 1 is 0.740 bits per heavy atom. The SMILES string of the molecule is CCCCCCCOc1ccc(S(=O)(=O)Nc2ccc(C[C@H](NC(=O)c3ccc(NC(=O)Cc4ccc(OC)cc4)cc3)C(=O)O)cc2)cc1. The fraction of sp³-hybridized carbons (Fsp3) is 0.289. The second-order valence-corrected chi connectivity index (χ2v) is 13.4. The van der Waals surface area contributed by atoms with Gasteiger partial charge >= 0.3 is 5.97 Å². The average molecular weight is 702 g/mol. The number of ether oxygens (including phenoxy) is 2. The highest BCUT2D eigenvalue weighted by Crippen LogP contribution is 2.21. The molecule has 0 aromatic heterocycles. The number of carboxylic acid groups (broad SMARTS) is 1. The number of rotatable bonds is 19. The molecular weight excluding hydrogens is 658 g/mol. The van der Waals surface area contributed by atoms with Crippen LogP contribution in [0.2, 0.25) is 0 Å². The average Bonchev–Trinajstić information content (AvgIpc) is 3.11. The van der Waals surface area contributed by atoms with Gasteiger partial charge in [-0.2, -0.15) is 0 Å². The Morgan fingerprint density at radius 3 is 1.96 bits per heavy atom. The summed E-state index contributed by atoms with van der Waals surface area (Å²) in [5.41, 5.74) is 2.39. The van der Waals surface area contributed by atoms with E-state index in [0.717, 1.165) is 18.4 Å². The van der Waals surface area contributed by atoms with Crippen LogP contribution < -0.4 is 24.8 Å². The van der Waals surface area contributed by atoms with Gasteiger partial charge in [-0.3, -0.25) is 14.3 Å². The van der Waals surface area contributed by atoms with E-state index in [-0.39, 0.29) is 29.2 Å². The van der Waals surface area contributed by atoms with Gasteiger partial charge in [-0.05, 0) is 90.3 Å². The fourth-order valence-electron chi connectivity index (χ4n) is 5.05. The van der Waals surface area contributed by atoms with Crippen molar-refractivity contribution in [2.75, 3.05) is 23.8 Å². The van der Waals surface area contributed by atoms with Gasteiger partial charge in [0, 0.05) is 23.4 Å². The summed E-state index contributed by atoms with van der Waals surface area (Å²) in [6.07, 6.45) is 5.72. The maximum Gasteiger partial charge on any atom is 0.326 e. The Bertz CT molecular complexity index is 1810. The molecule has 0 bridgehead atoms. The molecule has 4 aromatic carbocycles. The summed E-state index contributed by atoms with van der Waals surface area (Å²) < 4.78 is 39.3. The first kappa shape index (κ1) is 37.5. The molecule has 0 aliphatic heterocycles. The minimum Gasteiger partial charge on any atom is -0.497 e. The molecule has 0 aliphatic carbocycles. The second kappa shape index (κ2) is 18.4. The molecule has 1 atom stereocenters. The Morgan fingerprint density at radius 2 is 1.34 bits per heavy atom. The fourth-order valence-corrected chi connectivity index (χ4v) is 6.11. The maximum atomic E-state index is 12.9. The zero-order valence-corrected chi connectivity index (χ0v) is 29.0. The summed E-state index contributed by atoms with van der Waals surface area (Å²) in [6.45, 7) is 2.74. The Balaban J connectivity index is 1.27. The van der Waals surface area contributed by atoms with Crippen LogP contribution in [0.3, 0.4) is 0 Å². The van der Waals surface area contributed by atoms with Gasteiger partial charge in [0.2, 0.25) is 5.91 Å². The van der Waals surface area contributed by atoms with Gasteiger partial charge in [-0.15, -0.1) is 0 Å². The Kier molecular flexibility index (Phi) is 13.8. The number of nitrogens with one attached hydrogen (secondary N) is 3. The maximum absolute atomic E-state index is 12.9. The van der Waals surface area contributed by atoms with Crippen molar-refractivity contribution in [2.24, 2.45) is 0 Å². The summed E-state index contributed by atoms with van der Waals surface area (Å²) in [6, 6.07) is 24.5. The van der Waals surface area contributed by atoms with E-state index >= 15 is 0 Å². The van der Waals surface area contributed by atoms with Crippen LogP contribution in [-0.2, 0) is 32.5 Å². The predicted octanol–water partition coefficient (Wildman–Crippen LogP) is 6.45. The van der Waals surface area contributed by atoms with Crippen LogP contribution in [0.15, 0.2) is 102 Å². The summed E-state index contributed by atoms with van der Waals surface area (Å²) in [5.74, 6) is -0.763. The number of aliphatic carboxylic acids is 1. The molecule has 4 N–H and O–H groups in total. The van der Waals surface area contributed by atoms with E-state index in [1.165, 1.54) is 55.7 Å². The molecule has 50 heavy (non-hydrogen) atoms. The molecule has 4 aromatic rings. The normalized spacial score (nSPS) is 11.6. The molecule has 0 unspecified atom stereocenters. The highest BCUT2D eigenvalue weighted by molar-refractivity contribution is 7.92. The van der Waals surface area contributed by atoms with Crippen LogP contribution >= 0.6 is 0 Å². The molecule has 0 saturated carbocycles. The van der Waals surface area contributed by atoms with E-state index < -0.39 is 27.9 Å². The Labute approximate surface area is 293 Å².